The molecule has 0 aromatic heterocycles. The number of rotatable bonds is 7. The van der Waals surface area contributed by atoms with E-state index in [9.17, 15) is 13.2 Å². The maximum absolute atomic E-state index is 12.5. The van der Waals surface area contributed by atoms with Gasteiger partial charge in [-0.25, -0.2) is 8.42 Å². The molecule has 144 valence electrons. The molecule has 1 aliphatic rings. The van der Waals surface area contributed by atoms with Gasteiger partial charge >= 0.3 is 0 Å². The van der Waals surface area contributed by atoms with Crippen LogP contribution in [0.3, 0.4) is 0 Å². The molecule has 0 spiro atoms. The molecule has 1 heterocycles. The molecule has 2 aromatic carbocycles. The second-order valence-corrected chi connectivity index (χ2v) is 8.63. The Morgan fingerprint density at radius 1 is 1.04 bits per heavy atom. The van der Waals surface area contributed by atoms with Crippen molar-refractivity contribution in [3.05, 3.63) is 60.2 Å². The highest BCUT2D eigenvalue weighted by molar-refractivity contribution is 7.89. The summed E-state index contributed by atoms with van der Waals surface area (Å²) in [6.45, 7) is 3.32. The fraction of sp³-hybridized carbons (Fsp3) is 0.350. The SMILES string of the molecule is C[C@@H](NCC(=O)Nc1ccc(S(=O)(=O)N2CCCC2)cc1)c1ccccc1. The van der Waals surface area contributed by atoms with Gasteiger partial charge in [-0.3, -0.25) is 4.79 Å². The van der Waals surface area contributed by atoms with Crippen molar-refractivity contribution in [1.82, 2.24) is 9.62 Å². The predicted molar refractivity (Wildman–Crippen MR) is 106 cm³/mol. The normalized spacial score (nSPS) is 16.2. The molecular weight excluding hydrogens is 362 g/mol. The molecule has 2 N–H and O–H groups in total. The maximum atomic E-state index is 12.5. The number of carbonyl (C=O) groups excluding carboxylic acids is 1. The maximum Gasteiger partial charge on any atom is 0.243 e. The highest BCUT2D eigenvalue weighted by atomic mass is 32.2. The standard InChI is InChI=1S/C20H25N3O3S/c1-16(17-7-3-2-4-8-17)21-15-20(24)22-18-9-11-19(12-10-18)27(25,26)23-13-5-6-14-23/h2-4,7-12,16,21H,5-6,13-15H2,1H3,(H,22,24)/t16-/m1/s1. The van der Waals surface area contributed by atoms with E-state index in [1.807, 2.05) is 37.3 Å². The average molecular weight is 388 g/mol. The zero-order valence-electron chi connectivity index (χ0n) is 15.4. The smallest absolute Gasteiger partial charge is 0.243 e. The summed E-state index contributed by atoms with van der Waals surface area (Å²) in [6.07, 6.45) is 1.81. The molecule has 2 aromatic rings. The van der Waals surface area contributed by atoms with Gasteiger partial charge in [-0.1, -0.05) is 30.3 Å². The first-order chi connectivity index (χ1) is 13.0. The van der Waals surface area contributed by atoms with E-state index in [0.29, 0.717) is 18.8 Å². The third-order valence-electron chi connectivity index (χ3n) is 4.71. The summed E-state index contributed by atoms with van der Waals surface area (Å²) in [5, 5.41) is 5.96. The Hall–Kier alpha value is -2.22. The Labute approximate surface area is 160 Å². The number of nitrogens with zero attached hydrogens (tertiary/aromatic N) is 1. The number of nitrogens with one attached hydrogen (secondary N) is 2. The molecular formula is C20H25N3O3S. The van der Waals surface area contributed by atoms with E-state index < -0.39 is 10.0 Å². The van der Waals surface area contributed by atoms with Crippen LogP contribution in [0.4, 0.5) is 5.69 Å². The van der Waals surface area contributed by atoms with Crippen molar-refractivity contribution in [2.75, 3.05) is 25.0 Å². The lowest BCUT2D eigenvalue weighted by atomic mass is 10.1. The number of benzene rings is 2. The second kappa shape index (κ2) is 8.65. The Morgan fingerprint density at radius 3 is 2.30 bits per heavy atom. The Kier molecular flexibility index (Phi) is 6.26. The monoisotopic (exact) mass is 387 g/mol. The van der Waals surface area contributed by atoms with E-state index in [-0.39, 0.29) is 23.4 Å². The van der Waals surface area contributed by atoms with Gasteiger partial charge in [0.1, 0.15) is 0 Å². The van der Waals surface area contributed by atoms with Crippen molar-refractivity contribution in [3.8, 4) is 0 Å². The molecule has 3 rings (SSSR count). The minimum absolute atomic E-state index is 0.0601. The fourth-order valence-corrected chi connectivity index (χ4v) is 4.62. The zero-order chi connectivity index (χ0) is 19.3. The van der Waals surface area contributed by atoms with Crippen molar-refractivity contribution in [2.45, 2.75) is 30.7 Å². The van der Waals surface area contributed by atoms with Crippen LogP contribution in [0.5, 0.6) is 0 Å². The van der Waals surface area contributed by atoms with E-state index in [1.54, 1.807) is 24.3 Å². The lowest BCUT2D eigenvalue weighted by Gasteiger charge is -2.16. The summed E-state index contributed by atoms with van der Waals surface area (Å²) >= 11 is 0. The second-order valence-electron chi connectivity index (χ2n) is 6.70. The van der Waals surface area contributed by atoms with Crippen LogP contribution in [-0.2, 0) is 14.8 Å². The minimum atomic E-state index is -3.43. The molecule has 0 bridgehead atoms. The first kappa shape index (κ1) is 19.5. The number of hydrogen-bond donors (Lipinski definition) is 2. The van der Waals surface area contributed by atoms with Crippen LogP contribution in [0, 0.1) is 0 Å². The molecule has 0 unspecified atom stereocenters. The van der Waals surface area contributed by atoms with Crippen molar-refractivity contribution in [1.29, 1.82) is 0 Å². The van der Waals surface area contributed by atoms with Crippen LogP contribution in [-0.4, -0.2) is 38.3 Å². The van der Waals surface area contributed by atoms with Gasteiger partial charge in [0.25, 0.3) is 0 Å². The summed E-state index contributed by atoms with van der Waals surface area (Å²) < 4.78 is 26.5. The molecule has 1 aliphatic heterocycles. The lowest BCUT2D eigenvalue weighted by molar-refractivity contribution is -0.115. The molecule has 6 nitrogen and oxygen atoms in total. The third kappa shape index (κ3) is 4.94. The minimum Gasteiger partial charge on any atom is -0.325 e. The molecule has 1 amide bonds. The number of sulfonamides is 1. The Morgan fingerprint density at radius 2 is 1.67 bits per heavy atom. The van der Waals surface area contributed by atoms with E-state index in [1.165, 1.54) is 4.31 Å². The molecule has 0 aliphatic carbocycles. The fourth-order valence-electron chi connectivity index (χ4n) is 3.10. The summed E-state index contributed by atoms with van der Waals surface area (Å²) in [5.74, 6) is -0.173. The number of carbonyl (C=O) groups is 1. The van der Waals surface area contributed by atoms with Crippen LogP contribution >= 0.6 is 0 Å². The van der Waals surface area contributed by atoms with Crippen LogP contribution in [0.1, 0.15) is 31.4 Å². The summed E-state index contributed by atoms with van der Waals surface area (Å²) in [6, 6.07) is 16.3. The highest BCUT2D eigenvalue weighted by Gasteiger charge is 2.26. The molecule has 7 heteroatoms. The molecule has 0 radical (unpaired) electrons. The van der Waals surface area contributed by atoms with Gasteiger partial charge in [0, 0.05) is 24.8 Å². The number of amides is 1. The number of hydrogen-bond acceptors (Lipinski definition) is 4. The van der Waals surface area contributed by atoms with Crippen LogP contribution in [0.2, 0.25) is 0 Å². The van der Waals surface area contributed by atoms with Gasteiger partial charge in [0.15, 0.2) is 0 Å². The topological polar surface area (TPSA) is 78.5 Å². The van der Waals surface area contributed by atoms with Gasteiger partial charge in [0.05, 0.1) is 11.4 Å². The summed E-state index contributed by atoms with van der Waals surface area (Å²) in [7, 11) is -3.43. The van der Waals surface area contributed by atoms with Crippen molar-refractivity contribution < 1.29 is 13.2 Å². The highest BCUT2D eigenvalue weighted by Crippen LogP contribution is 2.22. The number of anilines is 1. The van der Waals surface area contributed by atoms with Crippen molar-refractivity contribution in [3.63, 3.8) is 0 Å². The molecule has 0 saturated carbocycles. The molecule has 1 atom stereocenters. The quantitative estimate of drug-likeness (QED) is 0.766. The van der Waals surface area contributed by atoms with Crippen molar-refractivity contribution >= 4 is 21.6 Å². The third-order valence-corrected chi connectivity index (χ3v) is 6.62. The Balaban J connectivity index is 1.54. The van der Waals surface area contributed by atoms with E-state index in [0.717, 1.165) is 18.4 Å². The first-order valence-corrected chi connectivity index (χ1v) is 10.6. The van der Waals surface area contributed by atoms with Crippen LogP contribution in [0.15, 0.2) is 59.5 Å². The van der Waals surface area contributed by atoms with E-state index >= 15 is 0 Å². The van der Waals surface area contributed by atoms with Gasteiger partial charge in [-0.2, -0.15) is 4.31 Å². The van der Waals surface area contributed by atoms with Crippen LogP contribution < -0.4 is 10.6 Å². The Bertz CT molecular complexity index is 861. The first-order valence-electron chi connectivity index (χ1n) is 9.15. The predicted octanol–water partition coefficient (Wildman–Crippen LogP) is 2.76. The summed E-state index contributed by atoms with van der Waals surface area (Å²) in [4.78, 5) is 12.4. The lowest BCUT2D eigenvalue weighted by Crippen LogP contribution is -2.30. The van der Waals surface area contributed by atoms with Crippen molar-refractivity contribution in [2.24, 2.45) is 0 Å². The average Bonchev–Trinajstić information content (AvgIpc) is 3.23. The van der Waals surface area contributed by atoms with Crippen LogP contribution in [0.25, 0.3) is 0 Å². The molecule has 27 heavy (non-hydrogen) atoms. The van der Waals surface area contributed by atoms with Gasteiger partial charge < -0.3 is 10.6 Å². The zero-order valence-corrected chi connectivity index (χ0v) is 16.2. The molecule has 1 fully saturated rings. The van der Waals surface area contributed by atoms with E-state index in [2.05, 4.69) is 10.6 Å². The largest absolute Gasteiger partial charge is 0.325 e. The molecule has 1 saturated heterocycles. The van der Waals surface area contributed by atoms with E-state index in [4.69, 9.17) is 0 Å². The van der Waals surface area contributed by atoms with Gasteiger partial charge in [-0.15, -0.1) is 0 Å². The van der Waals surface area contributed by atoms with Gasteiger partial charge in [-0.05, 0) is 49.6 Å². The summed E-state index contributed by atoms with van der Waals surface area (Å²) in [5.41, 5.74) is 1.69. The van der Waals surface area contributed by atoms with Gasteiger partial charge in [0.2, 0.25) is 15.9 Å².